The van der Waals surface area contributed by atoms with E-state index in [2.05, 4.69) is 36.2 Å². The van der Waals surface area contributed by atoms with Gasteiger partial charge in [-0.3, -0.25) is 9.78 Å². The number of fused-ring (bicyclic) bond motifs is 2. The van der Waals surface area contributed by atoms with Gasteiger partial charge in [0.05, 0.1) is 17.8 Å². The number of cyclic esters (lactones) is 1. The Morgan fingerprint density at radius 1 is 1.13 bits per heavy atom. The highest BCUT2D eigenvalue weighted by Crippen LogP contribution is 2.53. The van der Waals surface area contributed by atoms with Crippen LogP contribution in [-0.4, -0.2) is 17.1 Å². The molecule has 6 atom stereocenters. The van der Waals surface area contributed by atoms with E-state index in [-0.39, 0.29) is 18.0 Å². The van der Waals surface area contributed by atoms with Gasteiger partial charge in [-0.1, -0.05) is 55.7 Å². The molecule has 3 fully saturated rings. The number of esters is 1. The van der Waals surface area contributed by atoms with E-state index in [1.54, 1.807) is 6.20 Å². The zero-order valence-electron chi connectivity index (χ0n) is 18.2. The van der Waals surface area contributed by atoms with Crippen molar-refractivity contribution >= 4 is 12.0 Å². The summed E-state index contributed by atoms with van der Waals surface area (Å²) >= 11 is 0. The molecule has 0 unspecified atom stereocenters. The van der Waals surface area contributed by atoms with Crippen molar-refractivity contribution in [2.24, 2.45) is 29.6 Å². The van der Waals surface area contributed by atoms with Crippen LogP contribution in [0.25, 0.3) is 6.08 Å². The third kappa shape index (κ3) is 4.26. The lowest BCUT2D eigenvalue weighted by atomic mass is 9.57. The first kappa shape index (κ1) is 20.3. The molecule has 2 saturated carbocycles. The minimum atomic E-state index is 0.0109. The maximum atomic E-state index is 12.4. The molecule has 31 heavy (non-hydrogen) atoms. The molecule has 1 aromatic carbocycles. The van der Waals surface area contributed by atoms with Gasteiger partial charge in [-0.15, -0.1) is 0 Å². The minimum Gasteiger partial charge on any atom is -0.487 e. The summed E-state index contributed by atoms with van der Waals surface area (Å²) < 4.78 is 11.5. The molecule has 1 aliphatic heterocycles. The van der Waals surface area contributed by atoms with Gasteiger partial charge in [-0.2, -0.15) is 0 Å². The zero-order chi connectivity index (χ0) is 21.2. The lowest BCUT2D eigenvalue weighted by molar-refractivity contribution is -0.144. The molecule has 4 nitrogen and oxygen atoms in total. The first-order chi connectivity index (χ1) is 15.2. The number of benzene rings is 1. The quantitative estimate of drug-likeness (QED) is 0.588. The number of allylic oxidation sites excluding steroid dienone is 1. The minimum absolute atomic E-state index is 0.0109. The number of hydrogen-bond donors (Lipinski definition) is 0. The Morgan fingerprint density at radius 2 is 1.97 bits per heavy atom. The first-order valence-corrected chi connectivity index (χ1v) is 11.7. The second kappa shape index (κ2) is 8.86. The largest absolute Gasteiger partial charge is 0.487 e. The van der Waals surface area contributed by atoms with Crippen molar-refractivity contribution in [3.8, 4) is 5.75 Å². The number of ether oxygens (including phenoxy) is 2. The molecule has 2 heterocycles. The van der Waals surface area contributed by atoms with Crippen molar-refractivity contribution in [1.29, 1.82) is 0 Å². The van der Waals surface area contributed by atoms with E-state index in [0.29, 0.717) is 30.3 Å². The molecule has 0 radical (unpaired) electrons. The standard InChI is InChI=1S/C27H31NO3/c1-18-26-24(23-10-6-5-9-20(23)15-25(26)27(29)31-18)14-12-21-11-13-22(16-28-21)30-17-19-7-3-2-4-8-19/h2-4,7-8,11-14,16,18,20,23-26H,5-6,9-10,15,17H2,1H3/b14-12+/t18-,20+,23-,24+,25-,26+/m1/s1. The van der Waals surface area contributed by atoms with Gasteiger partial charge in [0, 0.05) is 5.92 Å². The summed E-state index contributed by atoms with van der Waals surface area (Å²) in [6.07, 6.45) is 12.4. The summed E-state index contributed by atoms with van der Waals surface area (Å²) in [5, 5.41) is 0. The van der Waals surface area contributed by atoms with Crippen LogP contribution in [-0.2, 0) is 16.1 Å². The zero-order valence-corrected chi connectivity index (χ0v) is 18.2. The van der Waals surface area contributed by atoms with Crippen LogP contribution < -0.4 is 4.74 Å². The molecule has 0 spiro atoms. The van der Waals surface area contributed by atoms with Crippen LogP contribution in [0.1, 0.15) is 50.3 Å². The van der Waals surface area contributed by atoms with E-state index in [1.807, 2.05) is 30.3 Å². The summed E-state index contributed by atoms with van der Waals surface area (Å²) in [6, 6.07) is 14.1. The van der Waals surface area contributed by atoms with Crippen LogP contribution in [0.5, 0.6) is 5.75 Å². The highest BCUT2D eigenvalue weighted by molar-refractivity contribution is 5.75. The van der Waals surface area contributed by atoms with Crippen molar-refractivity contribution in [3.05, 3.63) is 66.0 Å². The van der Waals surface area contributed by atoms with Crippen molar-refractivity contribution in [2.45, 2.75) is 51.7 Å². The highest BCUT2D eigenvalue weighted by atomic mass is 16.6. The number of aromatic nitrogens is 1. The van der Waals surface area contributed by atoms with Gasteiger partial charge in [0.15, 0.2) is 0 Å². The Morgan fingerprint density at radius 3 is 2.77 bits per heavy atom. The monoisotopic (exact) mass is 417 g/mol. The Bertz CT molecular complexity index is 923. The van der Waals surface area contributed by atoms with Crippen molar-refractivity contribution < 1.29 is 14.3 Å². The van der Waals surface area contributed by atoms with Gasteiger partial charge in [-0.25, -0.2) is 0 Å². The predicted molar refractivity (Wildman–Crippen MR) is 120 cm³/mol. The fourth-order valence-electron chi connectivity index (χ4n) is 6.11. The van der Waals surface area contributed by atoms with E-state index >= 15 is 0 Å². The summed E-state index contributed by atoms with van der Waals surface area (Å²) in [5.74, 6) is 2.89. The van der Waals surface area contributed by atoms with Crippen LogP contribution in [0.15, 0.2) is 54.7 Å². The third-order valence-corrected chi connectivity index (χ3v) is 7.57. The average Bonchev–Trinajstić information content (AvgIpc) is 3.10. The molecule has 2 aromatic rings. The van der Waals surface area contributed by atoms with E-state index in [1.165, 1.54) is 25.7 Å². The molecule has 4 heteroatoms. The van der Waals surface area contributed by atoms with Crippen LogP contribution in [0, 0.1) is 29.6 Å². The molecule has 0 amide bonds. The second-order valence-corrected chi connectivity index (χ2v) is 9.40. The summed E-state index contributed by atoms with van der Waals surface area (Å²) in [4.78, 5) is 17.0. The lowest BCUT2D eigenvalue weighted by Crippen LogP contribution is -2.42. The van der Waals surface area contributed by atoms with Crippen LogP contribution in [0.4, 0.5) is 0 Å². The predicted octanol–water partition coefficient (Wildman–Crippen LogP) is 5.68. The molecule has 5 rings (SSSR count). The SMILES string of the molecule is C[C@H]1OC(=O)[C@@H]2C[C@@H]3CCCC[C@H]3[C@H](/C=C/c3ccc(OCc4ccccc4)cn3)[C@H]12. The van der Waals surface area contributed by atoms with E-state index in [0.717, 1.165) is 23.4 Å². The van der Waals surface area contributed by atoms with Gasteiger partial charge in [-0.05, 0) is 61.3 Å². The van der Waals surface area contributed by atoms with Crippen LogP contribution in [0.2, 0.25) is 0 Å². The average molecular weight is 418 g/mol. The van der Waals surface area contributed by atoms with Gasteiger partial charge in [0.1, 0.15) is 18.5 Å². The molecular formula is C27H31NO3. The van der Waals surface area contributed by atoms with E-state index in [9.17, 15) is 4.79 Å². The number of hydrogen-bond acceptors (Lipinski definition) is 4. The molecule has 0 bridgehead atoms. The number of carbonyl (C=O) groups excluding carboxylic acids is 1. The molecule has 1 aromatic heterocycles. The molecule has 3 aliphatic rings. The number of pyridine rings is 1. The smallest absolute Gasteiger partial charge is 0.309 e. The number of rotatable bonds is 5. The topological polar surface area (TPSA) is 48.4 Å². The summed E-state index contributed by atoms with van der Waals surface area (Å²) in [5.41, 5.74) is 2.07. The summed E-state index contributed by atoms with van der Waals surface area (Å²) in [7, 11) is 0. The number of nitrogens with zero attached hydrogens (tertiary/aromatic N) is 1. The molecular weight excluding hydrogens is 386 g/mol. The first-order valence-electron chi connectivity index (χ1n) is 11.7. The van der Waals surface area contributed by atoms with Gasteiger partial charge < -0.3 is 9.47 Å². The van der Waals surface area contributed by atoms with Gasteiger partial charge in [0.25, 0.3) is 0 Å². The maximum absolute atomic E-state index is 12.4. The Labute approximate surface area is 184 Å². The van der Waals surface area contributed by atoms with E-state index in [4.69, 9.17) is 9.47 Å². The van der Waals surface area contributed by atoms with Gasteiger partial charge in [0.2, 0.25) is 0 Å². The van der Waals surface area contributed by atoms with Crippen molar-refractivity contribution in [1.82, 2.24) is 4.98 Å². The fraction of sp³-hybridized carbons (Fsp3) is 0.481. The molecule has 2 aliphatic carbocycles. The number of carbonyl (C=O) groups is 1. The van der Waals surface area contributed by atoms with Gasteiger partial charge >= 0.3 is 5.97 Å². The fourth-order valence-corrected chi connectivity index (χ4v) is 6.11. The maximum Gasteiger partial charge on any atom is 0.309 e. The Balaban J connectivity index is 1.29. The molecule has 162 valence electrons. The highest BCUT2D eigenvalue weighted by Gasteiger charge is 2.53. The Kier molecular flexibility index (Phi) is 5.80. The normalized spacial score (nSPS) is 32.4. The lowest BCUT2D eigenvalue weighted by Gasteiger charge is -2.45. The third-order valence-electron chi connectivity index (χ3n) is 7.57. The Hall–Kier alpha value is -2.62. The second-order valence-electron chi connectivity index (χ2n) is 9.40. The van der Waals surface area contributed by atoms with Crippen LogP contribution in [0.3, 0.4) is 0 Å². The molecule has 0 N–H and O–H groups in total. The summed E-state index contributed by atoms with van der Waals surface area (Å²) in [6.45, 7) is 2.61. The molecule has 1 saturated heterocycles. The van der Waals surface area contributed by atoms with Crippen molar-refractivity contribution in [2.75, 3.05) is 0 Å². The van der Waals surface area contributed by atoms with Crippen molar-refractivity contribution in [3.63, 3.8) is 0 Å². The van der Waals surface area contributed by atoms with Crippen LogP contribution >= 0.6 is 0 Å². The van der Waals surface area contributed by atoms with E-state index < -0.39 is 0 Å².